The molecule has 0 bridgehead atoms. The van der Waals surface area contributed by atoms with Crippen molar-refractivity contribution >= 4 is 12.2 Å². The zero-order chi connectivity index (χ0) is 9.26. The SMILES string of the molecule is CCCn1c(CC2CC2)n[nH]c1=S. The van der Waals surface area contributed by atoms with E-state index in [2.05, 4.69) is 21.7 Å². The lowest BCUT2D eigenvalue weighted by molar-refractivity contribution is 0.613. The molecule has 1 aliphatic carbocycles. The van der Waals surface area contributed by atoms with Crippen molar-refractivity contribution in [3.8, 4) is 0 Å². The Labute approximate surface area is 83.2 Å². The van der Waals surface area contributed by atoms with E-state index in [1.165, 1.54) is 12.8 Å². The van der Waals surface area contributed by atoms with Crippen LogP contribution in [-0.4, -0.2) is 14.8 Å². The van der Waals surface area contributed by atoms with Crippen molar-refractivity contribution in [3.05, 3.63) is 10.6 Å². The van der Waals surface area contributed by atoms with Crippen molar-refractivity contribution in [2.75, 3.05) is 0 Å². The highest BCUT2D eigenvalue weighted by Gasteiger charge is 2.23. The van der Waals surface area contributed by atoms with Gasteiger partial charge in [0.05, 0.1) is 0 Å². The Morgan fingerprint density at radius 3 is 3.00 bits per heavy atom. The zero-order valence-electron chi connectivity index (χ0n) is 7.92. The second-order valence-electron chi connectivity index (χ2n) is 3.74. The Morgan fingerprint density at radius 1 is 1.62 bits per heavy atom. The summed E-state index contributed by atoms with van der Waals surface area (Å²) in [6, 6.07) is 0. The van der Waals surface area contributed by atoms with Crippen molar-refractivity contribution < 1.29 is 0 Å². The lowest BCUT2D eigenvalue weighted by Crippen LogP contribution is -2.04. The standard InChI is InChI=1S/C9H15N3S/c1-2-5-12-8(6-7-3-4-7)10-11-9(12)13/h7H,2-6H2,1H3,(H,11,13). The number of nitrogens with zero attached hydrogens (tertiary/aromatic N) is 2. The van der Waals surface area contributed by atoms with Gasteiger partial charge in [0.25, 0.3) is 0 Å². The van der Waals surface area contributed by atoms with Crippen molar-refractivity contribution in [2.24, 2.45) is 5.92 Å². The Morgan fingerprint density at radius 2 is 2.38 bits per heavy atom. The second kappa shape index (κ2) is 3.62. The molecule has 1 fully saturated rings. The van der Waals surface area contributed by atoms with Crippen molar-refractivity contribution in [3.63, 3.8) is 0 Å². The Balaban J connectivity index is 2.16. The lowest BCUT2D eigenvalue weighted by Gasteiger charge is -2.03. The minimum atomic E-state index is 0.775. The van der Waals surface area contributed by atoms with Crippen LogP contribution in [0.15, 0.2) is 0 Å². The number of rotatable bonds is 4. The minimum absolute atomic E-state index is 0.775. The van der Waals surface area contributed by atoms with Gasteiger partial charge in [-0.05, 0) is 37.4 Å². The van der Waals surface area contributed by atoms with Crippen LogP contribution in [0.1, 0.15) is 32.0 Å². The maximum absolute atomic E-state index is 5.16. The van der Waals surface area contributed by atoms with E-state index < -0.39 is 0 Å². The fourth-order valence-corrected chi connectivity index (χ4v) is 1.78. The van der Waals surface area contributed by atoms with Gasteiger partial charge in [-0.1, -0.05) is 6.92 Å². The maximum atomic E-state index is 5.16. The quantitative estimate of drug-likeness (QED) is 0.751. The molecule has 0 radical (unpaired) electrons. The number of H-pyrrole nitrogens is 1. The van der Waals surface area contributed by atoms with Gasteiger partial charge in [-0.3, -0.25) is 5.10 Å². The summed E-state index contributed by atoms with van der Waals surface area (Å²) in [6.07, 6.45) is 4.95. The van der Waals surface area contributed by atoms with Crippen molar-refractivity contribution in [1.82, 2.24) is 14.8 Å². The second-order valence-corrected chi connectivity index (χ2v) is 4.13. The molecule has 4 heteroatoms. The van der Waals surface area contributed by atoms with Gasteiger partial charge in [0.15, 0.2) is 4.77 Å². The van der Waals surface area contributed by atoms with E-state index in [4.69, 9.17) is 12.2 Å². The van der Waals surface area contributed by atoms with E-state index in [0.29, 0.717) is 0 Å². The first kappa shape index (κ1) is 8.94. The van der Waals surface area contributed by atoms with Crippen molar-refractivity contribution in [2.45, 2.75) is 39.2 Å². The number of aromatic nitrogens is 3. The number of nitrogens with one attached hydrogen (secondary N) is 1. The molecule has 3 nitrogen and oxygen atoms in total. The highest BCUT2D eigenvalue weighted by Crippen LogP contribution is 2.31. The normalized spacial score (nSPS) is 16.4. The topological polar surface area (TPSA) is 33.6 Å². The molecule has 0 spiro atoms. The average molecular weight is 197 g/mol. The summed E-state index contributed by atoms with van der Waals surface area (Å²) < 4.78 is 2.91. The van der Waals surface area contributed by atoms with Crippen LogP contribution in [-0.2, 0) is 13.0 Å². The van der Waals surface area contributed by atoms with Gasteiger partial charge in [-0.2, -0.15) is 5.10 Å². The number of aromatic amines is 1. The molecule has 0 aliphatic heterocycles. The van der Waals surface area contributed by atoms with Crippen molar-refractivity contribution in [1.29, 1.82) is 0 Å². The molecule has 2 rings (SSSR count). The smallest absolute Gasteiger partial charge is 0.195 e. The van der Waals surface area contributed by atoms with Gasteiger partial charge < -0.3 is 4.57 Å². The third kappa shape index (κ3) is 1.99. The van der Waals surface area contributed by atoms with Crippen LogP contribution in [0.4, 0.5) is 0 Å². The molecular weight excluding hydrogens is 182 g/mol. The van der Waals surface area contributed by atoms with E-state index >= 15 is 0 Å². The van der Waals surface area contributed by atoms with E-state index in [0.717, 1.165) is 35.9 Å². The Hall–Kier alpha value is -0.640. The van der Waals surface area contributed by atoms with Gasteiger partial charge in [0.2, 0.25) is 0 Å². The maximum Gasteiger partial charge on any atom is 0.195 e. The predicted molar refractivity (Wildman–Crippen MR) is 54.1 cm³/mol. The molecule has 0 atom stereocenters. The molecule has 1 aromatic heterocycles. The first-order chi connectivity index (χ1) is 6.31. The van der Waals surface area contributed by atoms with Gasteiger partial charge in [0, 0.05) is 13.0 Å². The molecule has 0 saturated heterocycles. The molecule has 1 aliphatic rings. The average Bonchev–Trinajstić information content (AvgIpc) is 2.86. The van der Waals surface area contributed by atoms with Gasteiger partial charge >= 0.3 is 0 Å². The monoisotopic (exact) mass is 197 g/mol. The lowest BCUT2D eigenvalue weighted by atomic mass is 10.3. The van der Waals surface area contributed by atoms with Crippen LogP contribution in [0.2, 0.25) is 0 Å². The highest BCUT2D eigenvalue weighted by atomic mass is 32.1. The summed E-state index contributed by atoms with van der Waals surface area (Å²) in [6.45, 7) is 3.16. The molecule has 0 amide bonds. The van der Waals surface area contributed by atoms with Crippen LogP contribution in [0.3, 0.4) is 0 Å². The largest absolute Gasteiger partial charge is 0.304 e. The van der Waals surface area contributed by atoms with Crippen LogP contribution < -0.4 is 0 Å². The fraction of sp³-hybridized carbons (Fsp3) is 0.778. The first-order valence-corrected chi connectivity index (χ1v) is 5.36. The van der Waals surface area contributed by atoms with E-state index in [1.807, 2.05) is 0 Å². The summed E-state index contributed by atoms with van der Waals surface area (Å²) >= 11 is 5.16. The molecule has 13 heavy (non-hydrogen) atoms. The Kier molecular flexibility index (Phi) is 2.49. The van der Waals surface area contributed by atoms with E-state index in [1.54, 1.807) is 0 Å². The van der Waals surface area contributed by atoms with E-state index in [-0.39, 0.29) is 0 Å². The molecule has 0 unspecified atom stereocenters. The van der Waals surface area contributed by atoms with Crippen LogP contribution in [0, 0.1) is 10.7 Å². The Bertz CT molecular complexity index is 335. The van der Waals surface area contributed by atoms with Crippen LogP contribution in [0.25, 0.3) is 0 Å². The molecule has 1 heterocycles. The summed E-state index contributed by atoms with van der Waals surface area (Å²) in [5.41, 5.74) is 0. The molecule has 72 valence electrons. The van der Waals surface area contributed by atoms with Crippen LogP contribution >= 0.6 is 12.2 Å². The molecule has 0 aromatic carbocycles. The third-order valence-electron chi connectivity index (χ3n) is 2.45. The summed E-state index contributed by atoms with van der Waals surface area (Å²) in [5, 5.41) is 7.13. The molecular formula is C9H15N3S. The summed E-state index contributed by atoms with van der Waals surface area (Å²) in [5.74, 6) is 2.02. The number of hydrogen-bond donors (Lipinski definition) is 1. The summed E-state index contributed by atoms with van der Waals surface area (Å²) in [7, 11) is 0. The summed E-state index contributed by atoms with van der Waals surface area (Å²) in [4.78, 5) is 0. The predicted octanol–water partition coefficient (Wildman–Crippen LogP) is 2.30. The van der Waals surface area contributed by atoms with E-state index in [9.17, 15) is 0 Å². The first-order valence-electron chi connectivity index (χ1n) is 4.95. The van der Waals surface area contributed by atoms with Crippen LogP contribution in [0.5, 0.6) is 0 Å². The molecule has 1 aromatic rings. The third-order valence-corrected chi connectivity index (χ3v) is 2.76. The van der Waals surface area contributed by atoms with Gasteiger partial charge in [-0.15, -0.1) is 0 Å². The fourth-order valence-electron chi connectivity index (χ4n) is 1.54. The molecule has 1 saturated carbocycles. The molecule has 1 N–H and O–H groups in total. The van der Waals surface area contributed by atoms with Gasteiger partial charge in [-0.25, -0.2) is 0 Å². The number of hydrogen-bond acceptors (Lipinski definition) is 2. The minimum Gasteiger partial charge on any atom is -0.304 e. The highest BCUT2D eigenvalue weighted by molar-refractivity contribution is 7.71. The zero-order valence-corrected chi connectivity index (χ0v) is 8.73. The van der Waals surface area contributed by atoms with Gasteiger partial charge in [0.1, 0.15) is 5.82 Å².